The summed E-state index contributed by atoms with van der Waals surface area (Å²) in [6, 6.07) is 12.9. The second-order valence-corrected chi connectivity index (χ2v) is 5.94. The minimum absolute atomic E-state index is 0.258. The maximum absolute atomic E-state index is 13.8. The number of para-hydroxylation sites is 1. The Morgan fingerprint density at radius 1 is 1.20 bits per heavy atom. The second-order valence-electron chi connectivity index (χ2n) is 4.26. The smallest absolute Gasteiger partial charge is 0.165 e. The quantitative estimate of drug-likeness (QED) is 0.623. The van der Waals surface area contributed by atoms with Crippen LogP contribution in [-0.4, -0.2) is 4.98 Å². The summed E-state index contributed by atoms with van der Waals surface area (Å²) in [6.07, 6.45) is 0. The van der Waals surface area contributed by atoms with Crippen molar-refractivity contribution in [2.45, 2.75) is 11.9 Å². The summed E-state index contributed by atoms with van der Waals surface area (Å²) >= 11 is 4.86. The molecule has 0 aliphatic rings. The molecule has 3 aromatic rings. The van der Waals surface area contributed by atoms with E-state index in [0.29, 0.717) is 5.33 Å². The molecule has 0 N–H and O–H groups in total. The molecule has 1 heterocycles. The number of hydrogen-bond acceptors (Lipinski definition) is 3. The number of aromatic nitrogens is 1. The molecule has 2 aromatic carbocycles. The maximum Gasteiger partial charge on any atom is 0.165 e. The van der Waals surface area contributed by atoms with Crippen LogP contribution in [0, 0.1) is 5.82 Å². The zero-order valence-corrected chi connectivity index (χ0v) is 12.9. The van der Waals surface area contributed by atoms with E-state index in [9.17, 15) is 4.39 Å². The number of rotatable bonds is 4. The Kier molecular flexibility index (Phi) is 3.98. The molecular weight excluding hydrogens is 341 g/mol. The second kappa shape index (κ2) is 5.89. The van der Waals surface area contributed by atoms with Crippen LogP contribution in [0.2, 0.25) is 0 Å². The predicted molar refractivity (Wildman–Crippen MR) is 83.0 cm³/mol. The van der Waals surface area contributed by atoms with Crippen molar-refractivity contribution in [3.8, 4) is 5.75 Å². The first-order valence-corrected chi connectivity index (χ1v) is 8.01. The van der Waals surface area contributed by atoms with Crippen LogP contribution < -0.4 is 4.74 Å². The van der Waals surface area contributed by atoms with Gasteiger partial charge in [0.05, 0.1) is 10.2 Å². The molecular formula is C15H11BrFNOS. The van der Waals surface area contributed by atoms with Gasteiger partial charge >= 0.3 is 0 Å². The number of ether oxygens (including phenoxy) is 1. The van der Waals surface area contributed by atoms with Gasteiger partial charge in [-0.05, 0) is 29.8 Å². The lowest BCUT2D eigenvalue weighted by molar-refractivity contribution is 0.290. The van der Waals surface area contributed by atoms with E-state index in [4.69, 9.17) is 4.74 Å². The molecule has 0 saturated carbocycles. The number of hydrogen-bond donors (Lipinski definition) is 0. The summed E-state index contributed by atoms with van der Waals surface area (Å²) in [5.41, 5.74) is 1.83. The van der Waals surface area contributed by atoms with Crippen molar-refractivity contribution < 1.29 is 9.13 Å². The lowest BCUT2D eigenvalue weighted by atomic mass is 10.2. The average molecular weight is 352 g/mol. The van der Waals surface area contributed by atoms with Gasteiger partial charge in [0.1, 0.15) is 11.6 Å². The molecule has 5 heteroatoms. The van der Waals surface area contributed by atoms with Gasteiger partial charge in [-0.15, -0.1) is 11.3 Å². The van der Waals surface area contributed by atoms with Crippen LogP contribution in [0.4, 0.5) is 4.39 Å². The largest absolute Gasteiger partial charge is 0.483 e. The van der Waals surface area contributed by atoms with Crippen LogP contribution in [0.3, 0.4) is 0 Å². The van der Waals surface area contributed by atoms with E-state index in [2.05, 4.69) is 20.9 Å². The predicted octanol–water partition coefficient (Wildman–Crippen LogP) is 4.91. The molecule has 0 radical (unpaired) electrons. The van der Waals surface area contributed by atoms with Crippen LogP contribution in [0.25, 0.3) is 10.2 Å². The number of nitrogens with zero attached hydrogens (tertiary/aromatic N) is 1. The lowest BCUT2D eigenvalue weighted by Crippen LogP contribution is -1.97. The minimum atomic E-state index is -0.344. The van der Waals surface area contributed by atoms with Crippen LogP contribution in [0.5, 0.6) is 5.75 Å². The lowest BCUT2D eigenvalue weighted by Gasteiger charge is -2.06. The highest BCUT2D eigenvalue weighted by atomic mass is 79.9. The maximum atomic E-state index is 13.8. The fourth-order valence-electron chi connectivity index (χ4n) is 1.87. The number of halogens is 2. The molecule has 0 amide bonds. The standard InChI is InChI=1S/C15H11BrFNOS/c16-8-10-5-6-13(11(17)7-10)19-9-15-18-12-3-1-2-4-14(12)20-15/h1-7H,8-9H2. The minimum Gasteiger partial charge on any atom is -0.483 e. The fourth-order valence-corrected chi connectivity index (χ4v) is 3.10. The zero-order chi connectivity index (χ0) is 13.9. The van der Waals surface area contributed by atoms with Crippen LogP contribution >= 0.6 is 27.3 Å². The average Bonchev–Trinajstić information content (AvgIpc) is 2.88. The molecule has 0 bridgehead atoms. The van der Waals surface area contributed by atoms with Crippen molar-refractivity contribution in [2.75, 3.05) is 0 Å². The van der Waals surface area contributed by atoms with Gasteiger partial charge in [-0.1, -0.05) is 34.1 Å². The Bertz CT molecular complexity index is 711. The first-order valence-electron chi connectivity index (χ1n) is 6.08. The van der Waals surface area contributed by atoms with Gasteiger partial charge < -0.3 is 4.74 Å². The highest BCUT2D eigenvalue weighted by Crippen LogP contribution is 2.24. The number of fused-ring (bicyclic) bond motifs is 1. The molecule has 0 spiro atoms. The molecule has 3 rings (SSSR count). The Hall–Kier alpha value is -1.46. The molecule has 2 nitrogen and oxygen atoms in total. The van der Waals surface area contributed by atoms with E-state index in [1.165, 1.54) is 6.07 Å². The molecule has 1 aromatic heterocycles. The van der Waals surface area contributed by atoms with E-state index in [1.807, 2.05) is 30.3 Å². The van der Waals surface area contributed by atoms with Crippen LogP contribution in [-0.2, 0) is 11.9 Å². The van der Waals surface area contributed by atoms with Gasteiger partial charge in [0.2, 0.25) is 0 Å². The fraction of sp³-hybridized carbons (Fsp3) is 0.133. The number of thiazole rings is 1. The molecule has 0 aliphatic heterocycles. The highest BCUT2D eigenvalue weighted by molar-refractivity contribution is 9.08. The summed E-state index contributed by atoms with van der Waals surface area (Å²) in [7, 11) is 0. The van der Waals surface area contributed by atoms with Gasteiger partial charge in [0.15, 0.2) is 11.6 Å². The first-order chi connectivity index (χ1) is 9.76. The van der Waals surface area contributed by atoms with Gasteiger partial charge in [-0.2, -0.15) is 0 Å². The summed E-state index contributed by atoms with van der Waals surface area (Å²) in [5.74, 6) is -0.0861. The molecule has 0 unspecified atom stereocenters. The van der Waals surface area contributed by atoms with Gasteiger partial charge in [0, 0.05) is 5.33 Å². The van der Waals surface area contributed by atoms with Crippen molar-refractivity contribution in [1.82, 2.24) is 4.98 Å². The molecule has 102 valence electrons. The normalized spacial score (nSPS) is 10.9. The van der Waals surface area contributed by atoms with E-state index >= 15 is 0 Å². The van der Waals surface area contributed by atoms with Gasteiger partial charge in [0.25, 0.3) is 0 Å². The van der Waals surface area contributed by atoms with Crippen molar-refractivity contribution in [2.24, 2.45) is 0 Å². The third-order valence-corrected chi connectivity index (χ3v) is 4.50. The topological polar surface area (TPSA) is 22.1 Å². The summed E-state index contributed by atoms with van der Waals surface area (Å²) in [4.78, 5) is 4.45. The van der Waals surface area contributed by atoms with E-state index in [0.717, 1.165) is 20.8 Å². The van der Waals surface area contributed by atoms with E-state index < -0.39 is 0 Å². The SMILES string of the molecule is Fc1cc(CBr)ccc1OCc1nc2ccccc2s1. The number of benzene rings is 2. The molecule has 20 heavy (non-hydrogen) atoms. The molecule has 0 atom stereocenters. The monoisotopic (exact) mass is 351 g/mol. The summed E-state index contributed by atoms with van der Waals surface area (Å²) in [6.45, 7) is 0.282. The Labute approximate surface area is 128 Å². The third-order valence-electron chi connectivity index (χ3n) is 2.84. The van der Waals surface area contributed by atoms with Crippen molar-refractivity contribution >= 4 is 37.5 Å². The Morgan fingerprint density at radius 2 is 2.05 bits per heavy atom. The molecule has 0 saturated heterocycles. The van der Waals surface area contributed by atoms with E-state index in [-0.39, 0.29) is 18.2 Å². The van der Waals surface area contributed by atoms with Crippen molar-refractivity contribution in [3.63, 3.8) is 0 Å². The Balaban J connectivity index is 1.75. The third kappa shape index (κ3) is 2.83. The molecule has 0 aliphatic carbocycles. The zero-order valence-electron chi connectivity index (χ0n) is 10.5. The van der Waals surface area contributed by atoms with Crippen LogP contribution in [0.1, 0.15) is 10.6 Å². The van der Waals surface area contributed by atoms with Crippen molar-refractivity contribution in [3.05, 3.63) is 58.9 Å². The molecule has 0 fully saturated rings. The highest BCUT2D eigenvalue weighted by Gasteiger charge is 2.07. The first kappa shape index (κ1) is 13.5. The van der Waals surface area contributed by atoms with Gasteiger partial charge in [-0.25, -0.2) is 9.37 Å². The van der Waals surface area contributed by atoms with E-state index in [1.54, 1.807) is 17.4 Å². The van der Waals surface area contributed by atoms with Crippen molar-refractivity contribution in [1.29, 1.82) is 0 Å². The summed E-state index contributed by atoms with van der Waals surface area (Å²) < 4.78 is 20.4. The Morgan fingerprint density at radius 3 is 2.80 bits per heavy atom. The van der Waals surface area contributed by atoms with Crippen LogP contribution in [0.15, 0.2) is 42.5 Å². The van der Waals surface area contributed by atoms with Gasteiger partial charge in [-0.3, -0.25) is 0 Å². The number of alkyl halides is 1. The summed E-state index contributed by atoms with van der Waals surface area (Å²) in [5, 5.41) is 1.47.